The largest absolute Gasteiger partial charge is 0.393 e. The van der Waals surface area contributed by atoms with Crippen LogP contribution in [0.25, 0.3) is 0 Å². The molecular formula is C20H26N2O3. The Morgan fingerprint density at radius 1 is 1.12 bits per heavy atom. The van der Waals surface area contributed by atoms with Gasteiger partial charge in [-0.2, -0.15) is 0 Å². The molecule has 3 atom stereocenters. The Kier molecular flexibility index (Phi) is 4.50. The Labute approximate surface area is 148 Å². The standard InChI is InChI=1S/C20H26N2O3/c23-18-6-2-1-4-15(18)17-5-3-11-22(17)20(25)14-7-9-16-13(12-14)8-10-19(24)21-16/h7,9,12,15,17-18,23H,1-6,8,10-11H2,(H,21,24). The predicted octanol–water partition coefficient (Wildman–Crippen LogP) is 2.73. The second kappa shape index (κ2) is 6.79. The molecule has 4 rings (SSSR count). The van der Waals surface area contributed by atoms with Crippen LogP contribution in [0, 0.1) is 5.92 Å². The van der Waals surface area contributed by atoms with Crippen molar-refractivity contribution in [1.82, 2.24) is 4.90 Å². The molecule has 1 aromatic rings. The van der Waals surface area contributed by atoms with Gasteiger partial charge in [-0.3, -0.25) is 9.59 Å². The van der Waals surface area contributed by atoms with Crippen LogP contribution >= 0.6 is 0 Å². The SMILES string of the molecule is O=C1CCc2cc(C(=O)N3CCCC3C3CCCCC3O)ccc2N1. The highest BCUT2D eigenvalue weighted by atomic mass is 16.3. The van der Waals surface area contributed by atoms with Gasteiger partial charge in [0.25, 0.3) is 5.91 Å². The van der Waals surface area contributed by atoms with Crippen LogP contribution in [-0.4, -0.2) is 40.5 Å². The Hall–Kier alpha value is -1.88. The molecule has 2 amide bonds. The number of amides is 2. The van der Waals surface area contributed by atoms with Gasteiger partial charge in [-0.05, 0) is 55.9 Å². The Bertz CT molecular complexity index is 688. The van der Waals surface area contributed by atoms with Gasteiger partial charge in [0.1, 0.15) is 0 Å². The molecule has 2 fully saturated rings. The number of aliphatic hydroxyl groups is 1. The summed E-state index contributed by atoms with van der Waals surface area (Å²) in [6.07, 6.45) is 7.03. The third-order valence-electron chi connectivity index (χ3n) is 6.08. The minimum atomic E-state index is -0.272. The number of aliphatic hydroxyl groups excluding tert-OH is 1. The van der Waals surface area contributed by atoms with Gasteiger partial charge in [0.2, 0.25) is 5.91 Å². The fraction of sp³-hybridized carbons (Fsp3) is 0.600. The molecule has 25 heavy (non-hydrogen) atoms. The van der Waals surface area contributed by atoms with Crippen LogP contribution in [0.4, 0.5) is 5.69 Å². The highest BCUT2D eigenvalue weighted by molar-refractivity contribution is 5.98. The maximum Gasteiger partial charge on any atom is 0.254 e. The summed E-state index contributed by atoms with van der Waals surface area (Å²) in [5.74, 6) is 0.328. The summed E-state index contributed by atoms with van der Waals surface area (Å²) >= 11 is 0. The summed E-state index contributed by atoms with van der Waals surface area (Å²) in [5, 5.41) is 13.3. The fourth-order valence-corrected chi connectivity index (χ4v) is 4.76. The Morgan fingerprint density at radius 3 is 2.80 bits per heavy atom. The second-order valence-electron chi connectivity index (χ2n) is 7.64. The molecular weight excluding hydrogens is 316 g/mol. The Morgan fingerprint density at radius 2 is 1.96 bits per heavy atom. The monoisotopic (exact) mass is 342 g/mol. The topological polar surface area (TPSA) is 69.6 Å². The van der Waals surface area contributed by atoms with Crippen LogP contribution in [0.2, 0.25) is 0 Å². The van der Waals surface area contributed by atoms with Gasteiger partial charge in [-0.25, -0.2) is 0 Å². The second-order valence-corrected chi connectivity index (χ2v) is 7.64. The lowest BCUT2D eigenvalue weighted by Gasteiger charge is -2.37. The molecule has 0 bridgehead atoms. The molecule has 5 nitrogen and oxygen atoms in total. The molecule has 0 radical (unpaired) electrons. The van der Waals surface area contributed by atoms with Crippen LogP contribution in [-0.2, 0) is 11.2 Å². The first kappa shape index (κ1) is 16.6. The van der Waals surface area contributed by atoms with E-state index in [0.29, 0.717) is 18.4 Å². The number of hydrogen-bond donors (Lipinski definition) is 2. The van der Waals surface area contributed by atoms with E-state index in [0.717, 1.165) is 56.3 Å². The zero-order valence-electron chi connectivity index (χ0n) is 14.5. The maximum atomic E-state index is 13.1. The number of carbonyl (C=O) groups is 2. The van der Waals surface area contributed by atoms with E-state index >= 15 is 0 Å². The molecule has 134 valence electrons. The number of nitrogens with zero attached hydrogens (tertiary/aromatic N) is 1. The zero-order valence-corrected chi connectivity index (χ0v) is 14.5. The first-order valence-electron chi connectivity index (χ1n) is 9.55. The minimum absolute atomic E-state index is 0.0393. The normalized spacial score (nSPS) is 29.2. The van der Waals surface area contributed by atoms with Gasteiger partial charge in [0, 0.05) is 36.2 Å². The van der Waals surface area contributed by atoms with Crippen molar-refractivity contribution in [2.24, 2.45) is 5.92 Å². The van der Waals surface area contributed by atoms with Crippen LogP contribution < -0.4 is 5.32 Å². The van der Waals surface area contributed by atoms with Crippen molar-refractivity contribution in [1.29, 1.82) is 0 Å². The van der Waals surface area contributed by atoms with Gasteiger partial charge in [-0.1, -0.05) is 12.8 Å². The first-order valence-corrected chi connectivity index (χ1v) is 9.55. The zero-order chi connectivity index (χ0) is 17.4. The molecule has 3 aliphatic rings. The molecule has 2 aliphatic heterocycles. The molecule has 1 saturated heterocycles. The van der Waals surface area contributed by atoms with Gasteiger partial charge in [0.15, 0.2) is 0 Å². The van der Waals surface area contributed by atoms with E-state index in [-0.39, 0.29) is 29.9 Å². The number of fused-ring (bicyclic) bond motifs is 1. The van der Waals surface area contributed by atoms with Crippen LogP contribution in [0.3, 0.4) is 0 Å². The lowest BCUT2D eigenvalue weighted by molar-refractivity contribution is -0.116. The average Bonchev–Trinajstić information content (AvgIpc) is 3.10. The predicted molar refractivity (Wildman–Crippen MR) is 95.4 cm³/mol. The van der Waals surface area contributed by atoms with E-state index in [1.54, 1.807) is 0 Å². The third kappa shape index (κ3) is 3.17. The van der Waals surface area contributed by atoms with Crippen molar-refractivity contribution < 1.29 is 14.7 Å². The van der Waals surface area contributed by atoms with Crippen molar-refractivity contribution in [3.8, 4) is 0 Å². The number of rotatable bonds is 2. The lowest BCUT2D eigenvalue weighted by atomic mass is 9.80. The summed E-state index contributed by atoms with van der Waals surface area (Å²) < 4.78 is 0. The molecule has 1 aromatic carbocycles. The summed E-state index contributed by atoms with van der Waals surface area (Å²) in [7, 11) is 0. The molecule has 1 saturated carbocycles. The van der Waals surface area contributed by atoms with E-state index in [9.17, 15) is 14.7 Å². The number of carbonyl (C=O) groups excluding carboxylic acids is 2. The number of hydrogen-bond acceptors (Lipinski definition) is 3. The number of nitrogens with one attached hydrogen (secondary N) is 1. The number of benzene rings is 1. The van der Waals surface area contributed by atoms with Crippen LogP contribution in [0.5, 0.6) is 0 Å². The van der Waals surface area contributed by atoms with Crippen LogP contribution in [0.1, 0.15) is 60.9 Å². The summed E-state index contributed by atoms with van der Waals surface area (Å²) in [6, 6.07) is 5.77. The first-order chi connectivity index (χ1) is 12.1. The van der Waals surface area contributed by atoms with Crippen molar-refractivity contribution in [3.05, 3.63) is 29.3 Å². The van der Waals surface area contributed by atoms with E-state index < -0.39 is 0 Å². The average molecular weight is 342 g/mol. The smallest absolute Gasteiger partial charge is 0.254 e. The summed E-state index contributed by atoms with van der Waals surface area (Å²) in [4.78, 5) is 26.6. The van der Waals surface area contributed by atoms with E-state index in [2.05, 4.69) is 5.32 Å². The molecule has 2 heterocycles. The van der Waals surface area contributed by atoms with E-state index in [1.807, 2.05) is 23.1 Å². The summed E-state index contributed by atoms with van der Waals surface area (Å²) in [6.45, 7) is 0.778. The van der Waals surface area contributed by atoms with Crippen LogP contribution in [0.15, 0.2) is 18.2 Å². The Balaban J connectivity index is 1.54. The summed E-state index contributed by atoms with van der Waals surface area (Å²) in [5.41, 5.74) is 2.57. The molecule has 1 aliphatic carbocycles. The van der Waals surface area contributed by atoms with Gasteiger partial charge >= 0.3 is 0 Å². The molecule has 3 unspecified atom stereocenters. The van der Waals surface area contributed by atoms with E-state index in [1.165, 1.54) is 0 Å². The quantitative estimate of drug-likeness (QED) is 0.868. The molecule has 5 heteroatoms. The van der Waals surface area contributed by atoms with Gasteiger partial charge in [0.05, 0.1) is 6.10 Å². The number of likely N-dealkylation sites (tertiary alicyclic amines) is 1. The number of anilines is 1. The lowest BCUT2D eigenvalue weighted by Crippen LogP contribution is -2.45. The van der Waals surface area contributed by atoms with Crippen molar-refractivity contribution >= 4 is 17.5 Å². The highest BCUT2D eigenvalue weighted by Crippen LogP contribution is 2.35. The molecule has 0 aromatic heterocycles. The minimum Gasteiger partial charge on any atom is -0.393 e. The third-order valence-corrected chi connectivity index (χ3v) is 6.08. The number of aryl methyl sites for hydroxylation is 1. The van der Waals surface area contributed by atoms with Crippen molar-refractivity contribution in [2.45, 2.75) is 63.5 Å². The van der Waals surface area contributed by atoms with Gasteiger partial charge in [-0.15, -0.1) is 0 Å². The maximum absolute atomic E-state index is 13.1. The van der Waals surface area contributed by atoms with Crippen molar-refractivity contribution in [3.63, 3.8) is 0 Å². The molecule has 0 spiro atoms. The van der Waals surface area contributed by atoms with Crippen molar-refractivity contribution in [2.75, 3.05) is 11.9 Å². The fourth-order valence-electron chi connectivity index (χ4n) is 4.76. The highest BCUT2D eigenvalue weighted by Gasteiger charge is 2.39. The molecule has 2 N–H and O–H groups in total. The van der Waals surface area contributed by atoms with Gasteiger partial charge < -0.3 is 15.3 Å². The van der Waals surface area contributed by atoms with E-state index in [4.69, 9.17) is 0 Å².